The summed E-state index contributed by atoms with van der Waals surface area (Å²) in [5.74, 6) is 4.34. The number of carbonyl (C=O) groups excluding carboxylic acids is 1. The third-order valence-electron chi connectivity index (χ3n) is 2.88. The molecule has 0 spiro atoms. The molecule has 102 valence electrons. The second kappa shape index (κ2) is 6.91. The average molecular weight is 263 g/mol. The summed E-state index contributed by atoms with van der Waals surface area (Å²) >= 11 is 0. The molecule has 0 saturated heterocycles. The van der Waals surface area contributed by atoms with Crippen LogP contribution in [0.15, 0.2) is 18.2 Å². The zero-order chi connectivity index (χ0) is 14.4. The van der Waals surface area contributed by atoms with Gasteiger partial charge in [0.25, 0.3) is 5.91 Å². The van der Waals surface area contributed by atoms with Crippen LogP contribution in [-0.4, -0.2) is 23.7 Å². The van der Waals surface area contributed by atoms with Gasteiger partial charge >= 0.3 is 0 Å². The van der Waals surface area contributed by atoms with Crippen molar-refractivity contribution in [3.8, 4) is 11.8 Å². The molecule has 1 unspecified atom stereocenters. The van der Waals surface area contributed by atoms with Crippen LogP contribution in [0.4, 0.5) is 4.39 Å². The third-order valence-corrected chi connectivity index (χ3v) is 2.88. The molecule has 3 nitrogen and oxygen atoms in total. The summed E-state index contributed by atoms with van der Waals surface area (Å²) in [6.07, 6.45) is 0. The van der Waals surface area contributed by atoms with E-state index in [9.17, 15) is 9.18 Å². The normalized spacial score (nSPS) is 11.7. The Labute approximate surface area is 112 Å². The molecule has 0 aliphatic rings. The van der Waals surface area contributed by atoms with Gasteiger partial charge in [0.15, 0.2) is 0 Å². The number of aliphatic hydroxyl groups is 1. The van der Waals surface area contributed by atoms with Gasteiger partial charge in [0, 0.05) is 11.6 Å². The van der Waals surface area contributed by atoms with E-state index in [0.717, 1.165) is 0 Å². The lowest BCUT2D eigenvalue weighted by Gasteiger charge is -2.17. The molecular weight excluding hydrogens is 245 g/mol. The van der Waals surface area contributed by atoms with Crippen LogP contribution in [0.2, 0.25) is 0 Å². The first kappa shape index (κ1) is 15.2. The molecule has 0 heterocycles. The number of amides is 1. The maximum absolute atomic E-state index is 13.6. The van der Waals surface area contributed by atoms with Crippen molar-refractivity contribution in [2.24, 2.45) is 5.92 Å². The van der Waals surface area contributed by atoms with E-state index in [1.807, 2.05) is 20.8 Å². The molecule has 1 aromatic rings. The largest absolute Gasteiger partial charge is 0.384 e. The van der Waals surface area contributed by atoms with Crippen molar-refractivity contribution in [1.82, 2.24) is 5.32 Å². The smallest absolute Gasteiger partial charge is 0.254 e. The van der Waals surface area contributed by atoms with E-state index in [1.165, 1.54) is 18.2 Å². The Morgan fingerprint density at radius 3 is 2.68 bits per heavy atom. The van der Waals surface area contributed by atoms with E-state index in [2.05, 4.69) is 17.2 Å². The van der Waals surface area contributed by atoms with Crippen LogP contribution in [-0.2, 0) is 0 Å². The Bertz CT molecular complexity index is 515. The number of hydrogen-bond acceptors (Lipinski definition) is 2. The zero-order valence-electron chi connectivity index (χ0n) is 11.3. The minimum atomic E-state index is -0.581. The van der Waals surface area contributed by atoms with Gasteiger partial charge in [0.1, 0.15) is 12.4 Å². The summed E-state index contributed by atoms with van der Waals surface area (Å²) in [6.45, 7) is 5.55. The first-order valence-corrected chi connectivity index (χ1v) is 6.15. The fourth-order valence-electron chi connectivity index (χ4n) is 1.37. The van der Waals surface area contributed by atoms with Crippen LogP contribution in [0.1, 0.15) is 36.7 Å². The summed E-state index contributed by atoms with van der Waals surface area (Å²) < 4.78 is 13.6. The fraction of sp³-hybridized carbons (Fsp3) is 0.400. The van der Waals surface area contributed by atoms with Gasteiger partial charge in [0.2, 0.25) is 0 Å². The van der Waals surface area contributed by atoms with Gasteiger partial charge < -0.3 is 10.4 Å². The molecule has 19 heavy (non-hydrogen) atoms. The number of hydrogen-bond donors (Lipinski definition) is 2. The van der Waals surface area contributed by atoms with Crippen molar-refractivity contribution in [2.45, 2.75) is 26.8 Å². The number of benzene rings is 1. The summed E-state index contributed by atoms with van der Waals surface area (Å²) in [5, 5.41) is 11.4. The van der Waals surface area contributed by atoms with E-state index in [0.29, 0.717) is 5.56 Å². The van der Waals surface area contributed by atoms with Gasteiger partial charge in [-0.15, -0.1) is 0 Å². The third kappa shape index (κ3) is 4.38. The molecule has 1 amide bonds. The molecule has 0 aliphatic carbocycles. The molecule has 0 fully saturated rings. The zero-order valence-corrected chi connectivity index (χ0v) is 11.3. The second-order valence-corrected chi connectivity index (χ2v) is 4.66. The van der Waals surface area contributed by atoms with Gasteiger partial charge in [-0.2, -0.15) is 0 Å². The monoisotopic (exact) mass is 263 g/mol. The molecule has 0 saturated carbocycles. The highest BCUT2D eigenvalue weighted by Gasteiger charge is 2.16. The minimum Gasteiger partial charge on any atom is -0.384 e. The topological polar surface area (TPSA) is 49.3 Å². The molecule has 0 aromatic heterocycles. The fourth-order valence-corrected chi connectivity index (χ4v) is 1.37. The van der Waals surface area contributed by atoms with Crippen molar-refractivity contribution in [1.29, 1.82) is 0 Å². The SMILES string of the molecule is CC(C)C(C)NC(=O)c1cc(C#CCO)ccc1F. The van der Waals surface area contributed by atoms with Crippen LogP contribution in [0.25, 0.3) is 0 Å². The van der Waals surface area contributed by atoms with Crippen LogP contribution in [0.3, 0.4) is 0 Å². The molecule has 2 N–H and O–H groups in total. The number of aliphatic hydroxyl groups excluding tert-OH is 1. The van der Waals surface area contributed by atoms with E-state index in [1.54, 1.807) is 0 Å². The molecule has 1 atom stereocenters. The average Bonchev–Trinajstić information content (AvgIpc) is 2.37. The Hall–Kier alpha value is -1.86. The highest BCUT2D eigenvalue weighted by Crippen LogP contribution is 2.11. The molecular formula is C15H18FNO2. The summed E-state index contributed by atoms with van der Waals surface area (Å²) in [5.41, 5.74) is 0.468. The quantitative estimate of drug-likeness (QED) is 0.819. The maximum atomic E-state index is 13.6. The van der Waals surface area contributed by atoms with Crippen LogP contribution >= 0.6 is 0 Å². The second-order valence-electron chi connectivity index (χ2n) is 4.66. The Kier molecular flexibility index (Phi) is 5.53. The summed E-state index contributed by atoms with van der Waals surface area (Å²) in [7, 11) is 0. The highest BCUT2D eigenvalue weighted by atomic mass is 19.1. The Morgan fingerprint density at radius 1 is 1.42 bits per heavy atom. The van der Waals surface area contributed by atoms with Crippen LogP contribution < -0.4 is 5.32 Å². The van der Waals surface area contributed by atoms with E-state index in [-0.39, 0.29) is 24.1 Å². The molecule has 1 rings (SSSR count). The predicted molar refractivity (Wildman–Crippen MR) is 72.1 cm³/mol. The Morgan fingerprint density at radius 2 is 2.11 bits per heavy atom. The minimum absolute atomic E-state index is 0.0303. The van der Waals surface area contributed by atoms with Crippen molar-refractivity contribution in [3.63, 3.8) is 0 Å². The first-order valence-electron chi connectivity index (χ1n) is 6.15. The van der Waals surface area contributed by atoms with Crippen molar-refractivity contribution >= 4 is 5.91 Å². The predicted octanol–water partition coefficient (Wildman–Crippen LogP) is 1.94. The number of halogens is 1. The van der Waals surface area contributed by atoms with Crippen LogP contribution in [0.5, 0.6) is 0 Å². The molecule has 1 aromatic carbocycles. The molecule has 4 heteroatoms. The lowest BCUT2D eigenvalue weighted by atomic mass is 10.0. The van der Waals surface area contributed by atoms with Crippen molar-refractivity contribution in [2.75, 3.05) is 6.61 Å². The highest BCUT2D eigenvalue weighted by molar-refractivity contribution is 5.95. The molecule has 0 radical (unpaired) electrons. The summed E-state index contributed by atoms with van der Waals surface area (Å²) in [4.78, 5) is 12.0. The lowest BCUT2D eigenvalue weighted by molar-refractivity contribution is 0.0926. The molecule has 0 bridgehead atoms. The van der Waals surface area contributed by atoms with E-state index in [4.69, 9.17) is 5.11 Å². The van der Waals surface area contributed by atoms with Gasteiger partial charge in [-0.1, -0.05) is 25.7 Å². The van der Waals surface area contributed by atoms with E-state index < -0.39 is 11.7 Å². The summed E-state index contributed by atoms with van der Waals surface area (Å²) in [6, 6.07) is 4.02. The number of rotatable bonds is 3. The first-order chi connectivity index (χ1) is 8.95. The van der Waals surface area contributed by atoms with E-state index >= 15 is 0 Å². The van der Waals surface area contributed by atoms with Gasteiger partial charge in [-0.05, 0) is 31.0 Å². The molecule has 0 aliphatic heterocycles. The van der Waals surface area contributed by atoms with Gasteiger partial charge in [0.05, 0.1) is 5.56 Å². The standard InChI is InChI=1S/C15H18FNO2/c1-10(2)11(3)17-15(19)13-9-12(5-4-8-18)6-7-14(13)16/h6-7,9-11,18H,8H2,1-3H3,(H,17,19). The number of nitrogens with one attached hydrogen (secondary N) is 1. The Balaban J connectivity index is 2.95. The van der Waals surface area contributed by atoms with Crippen molar-refractivity contribution < 1.29 is 14.3 Å². The van der Waals surface area contributed by atoms with Gasteiger partial charge in [-0.3, -0.25) is 4.79 Å². The maximum Gasteiger partial charge on any atom is 0.254 e. The van der Waals surface area contributed by atoms with Crippen molar-refractivity contribution in [3.05, 3.63) is 35.1 Å². The lowest BCUT2D eigenvalue weighted by Crippen LogP contribution is -2.36. The van der Waals surface area contributed by atoms with Crippen LogP contribution in [0, 0.1) is 23.6 Å². The van der Waals surface area contributed by atoms with Gasteiger partial charge in [-0.25, -0.2) is 4.39 Å². The number of carbonyl (C=O) groups is 1.